The molecule has 1 atom stereocenters. The third kappa shape index (κ3) is 6.01. The van der Waals surface area contributed by atoms with Crippen molar-refractivity contribution in [3.8, 4) is 11.8 Å². The van der Waals surface area contributed by atoms with Gasteiger partial charge in [0.15, 0.2) is 0 Å². The molecule has 3 nitrogen and oxygen atoms in total. The topological polar surface area (TPSA) is 49.3 Å². The van der Waals surface area contributed by atoms with E-state index in [4.69, 9.17) is 5.11 Å². The van der Waals surface area contributed by atoms with Crippen LogP contribution in [0.3, 0.4) is 0 Å². The molecule has 0 saturated carbocycles. The zero-order valence-corrected chi connectivity index (χ0v) is 13.4. The minimum absolute atomic E-state index is 0.0547. The molecule has 0 aliphatic carbocycles. The van der Waals surface area contributed by atoms with E-state index >= 15 is 0 Å². The van der Waals surface area contributed by atoms with Gasteiger partial charge in [0.05, 0.1) is 6.61 Å². The number of aliphatic hydroxyl groups is 1. The third-order valence-corrected chi connectivity index (χ3v) is 3.66. The Morgan fingerprint density at radius 1 is 1.29 bits per heavy atom. The molecule has 0 aromatic heterocycles. The average molecular weight is 287 g/mol. The van der Waals surface area contributed by atoms with E-state index in [-0.39, 0.29) is 17.9 Å². The van der Waals surface area contributed by atoms with Crippen molar-refractivity contribution in [3.05, 3.63) is 35.4 Å². The van der Waals surface area contributed by atoms with Gasteiger partial charge < -0.3 is 10.4 Å². The normalized spacial score (nSPS) is 12.2. The van der Waals surface area contributed by atoms with Crippen LogP contribution in [0.4, 0.5) is 0 Å². The summed E-state index contributed by atoms with van der Waals surface area (Å²) < 4.78 is 0. The lowest BCUT2D eigenvalue weighted by atomic mass is 9.82. The molecule has 1 aromatic carbocycles. The second-order valence-electron chi connectivity index (χ2n) is 6.33. The van der Waals surface area contributed by atoms with E-state index in [0.717, 1.165) is 5.56 Å². The summed E-state index contributed by atoms with van der Waals surface area (Å²) in [7, 11) is 0. The van der Waals surface area contributed by atoms with E-state index in [1.165, 1.54) is 0 Å². The predicted octanol–water partition coefficient (Wildman–Crippen LogP) is 2.83. The van der Waals surface area contributed by atoms with Crippen molar-refractivity contribution in [2.24, 2.45) is 11.3 Å². The van der Waals surface area contributed by atoms with Crippen LogP contribution in [0, 0.1) is 23.2 Å². The molecular formula is C18H25NO2. The zero-order chi connectivity index (χ0) is 15.9. The van der Waals surface area contributed by atoms with Crippen molar-refractivity contribution in [2.45, 2.75) is 34.1 Å². The maximum Gasteiger partial charge on any atom is 0.251 e. The lowest BCUT2D eigenvalue weighted by Crippen LogP contribution is -2.33. The minimum Gasteiger partial charge on any atom is -0.395 e. The highest BCUT2D eigenvalue weighted by Gasteiger charge is 2.20. The lowest BCUT2D eigenvalue weighted by molar-refractivity contribution is 0.0937. The van der Waals surface area contributed by atoms with E-state index < -0.39 is 0 Å². The summed E-state index contributed by atoms with van der Waals surface area (Å²) in [6, 6.07) is 7.21. The van der Waals surface area contributed by atoms with Gasteiger partial charge in [0.1, 0.15) is 0 Å². The number of aliphatic hydroxyl groups excluding tert-OH is 1. The van der Waals surface area contributed by atoms with Gasteiger partial charge in [-0.3, -0.25) is 4.79 Å². The lowest BCUT2D eigenvalue weighted by Gasteiger charge is -2.27. The SMILES string of the molecule is CC(CNC(=O)c1ccc(C#CCCO)cc1)C(C)(C)C. The van der Waals surface area contributed by atoms with Crippen LogP contribution in [0.2, 0.25) is 0 Å². The Balaban J connectivity index is 2.58. The first-order valence-corrected chi connectivity index (χ1v) is 7.32. The Morgan fingerprint density at radius 3 is 2.43 bits per heavy atom. The molecule has 2 N–H and O–H groups in total. The summed E-state index contributed by atoms with van der Waals surface area (Å²) in [6.07, 6.45) is 0.465. The van der Waals surface area contributed by atoms with Gasteiger partial charge in [-0.25, -0.2) is 0 Å². The molecule has 0 spiro atoms. The van der Waals surface area contributed by atoms with Crippen molar-refractivity contribution in [1.29, 1.82) is 0 Å². The quantitative estimate of drug-likeness (QED) is 0.837. The van der Waals surface area contributed by atoms with Gasteiger partial charge in [0.25, 0.3) is 5.91 Å². The van der Waals surface area contributed by atoms with Crippen LogP contribution in [-0.4, -0.2) is 24.2 Å². The first kappa shape index (κ1) is 17.3. The maximum absolute atomic E-state index is 12.1. The van der Waals surface area contributed by atoms with Crippen LogP contribution in [0.5, 0.6) is 0 Å². The number of hydrogen-bond acceptors (Lipinski definition) is 2. The summed E-state index contributed by atoms with van der Waals surface area (Å²) in [5.41, 5.74) is 1.67. The Kier molecular flexibility index (Phi) is 6.45. The van der Waals surface area contributed by atoms with Gasteiger partial charge in [-0.1, -0.05) is 39.5 Å². The number of nitrogens with one attached hydrogen (secondary N) is 1. The average Bonchev–Trinajstić information content (AvgIpc) is 2.44. The van der Waals surface area contributed by atoms with Crippen LogP contribution in [0.15, 0.2) is 24.3 Å². The number of carbonyl (C=O) groups is 1. The molecule has 0 heterocycles. The molecule has 21 heavy (non-hydrogen) atoms. The first-order chi connectivity index (χ1) is 9.84. The number of hydrogen-bond donors (Lipinski definition) is 2. The molecule has 0 saturated heterocycles. The summed E-state index contributed by atoms with van der Waals surface area (Å²) in [5.74, 6) is 6.15. The van der Waals surface area contributed by atoms with Crippen molar-refractivity contribution in [2.75, 3.05) is 13.2 Å². The molecule has 0 aliphatic rings. The monoisotopic (exact) mass is 287 g/mol. The summed E-state index contributed by atoms with van der Waals surface area (Å²) in [5, 5.41) is 11.6. The molecule has 1 rings (SSSR count). The molecule has 3 heteroatoms. The predicted molar refractivity (Wildman–Crippen MR) is 86.0 cm³/mol. The molecule has 0 radical (unpaired) electrons. The summed E-state index contributed by atoms with van der Waals surface area (Å²) >= 11 is 0. The molecule has 1 unspecified atom stereocenters. The Labute approximate surface area is 127 Å². The van der Waals surface area contributed by atoms with Crippen LogP contribution >= 0.6 is 0 Å². The minimum atomic E-state index is -0.0547. The fraction of sp³-hybridized carbons (Fsp3) is 0.500. The van der Waals surface area contributed by atoms with Crippen molar-refractivity contribution >= 4 is 5.91 Å². The van der Waals surface area contributed by atoms with E-state index in [1.54, 1.807) is 12.1 Å². The highest BCUT2D eigenvalue weighted by Crippen LogP contribution is 2.24. The number of benzene rings is 1. The Bertz CT molecular complexity index is 515. The van der Waals surface area contributed by atoms with Gasteiger partial charge >= 0.3 is 0 Å². The van der Waals surface area contributed by atoms with E-state index in [0.29, 0.717) is 24.4 Å². The Hall–Kier alpha value is -1.79. The largest absolute Gasteiger partial charge is 0.395 e. The fourth-order valence-corrected chi connectivity index (χ4v) is 1.58. The highest BCUT2D eigenvalue weighted by atomic mass is 16.2. The molecule has 0 bridgehead atoms. The van der Waals surface area contributed by atoms with Gasteiger partial charge in [-0.15, -0.1) is 0 Å². The van der Waals surface area contributed by atoms with Gasteiger partial charge in [0, 0.05) is 24.1 Å². The van der Waals surface area contributed by atoms with Gasteiger partial charge in [0.2, 0.25) is 0 Å². The molecule has 114 valence electrons. The number of amides is 1. The molecule has 1 aromatic rings. The second kappa shape index (κ2) is 7.85. The van der Waals surface area contributed by atoms with Crippen molar-refractivity contribution in [1.82, 2.24) is 5.32 Å². The second-order valence-corrected chi connectivity index (χ2v) is 6.33. The van der Waals surface area contributed by atoms with Crippen LogP contribution < -0.4 is 5.32 Å². The number of rotatable bonds is 4. The van der Waals surface area contributed by atoms with Crippen LogP contribution in [0.25, 0.3) is 0 Å². The standard InChI is InChI=1S/C18H25NO2/c1-14(18(2,3)4)13-19-17(21)16-10-8-15(9-11-16)7-5-6-12-20/h8-11,14,20H,6,12-13H2,1-4H3,(H,19,21). The highest BCUT2D eigenvalue weighted by molar-refractivity contribution is 5.94. The summed E-state index contributed by atoms with van der Waals surface area (Å²) in [6.45, 7) is 9.39. The third-order valence-electron chi connectivity index (χ3n) is 3.66. The molecule has 0 aliphatic heterocycles. The van der Waals surface area contributed by atoms with E-state index in [1.807, 2.05) is 12.1 Å². The van der Waals surface area contributed by atoms with Crippen molar-refractivity contribution in [3.63, 3.8) is 0 Å². The van der Waals surface area contributed by atoms with Gasteiger partial charge in [-0.05, 0) is 35.6 Å². The molecule has 1 amide bonds. The smallest absolute Gasteiger partial charge is 0.251 e. The molecule has 0 fully saturated rings. The number of carbonyl (C=O) groups excluding carboxylic acids is 1. The van der Waals surface area contributed by atoms with Crippen LogP contribution in [-0.2, 0) is 0 Å². The van der Waals surface area contributed by atoms with Crippen molar-refractivity contribution < 1.29 is 9.90 Å². The fourth-order valence-electron chi connectivity index (χ4n) is 1.58. The zero-order valence-electron chi connectivity index (χ0n) is 13.4. The first-order valence-electron chi connectivity index (χ1n) is 7.32. The van der Waals surface area contributed by atoms with E-state index in [2.05, 4.69) is 44.9 Å². The summed E-state index contributed by atoms with van der Waals surface area (Å²) in [4.78, 5) is 12.1. The van der Waals surface area contributed by atoms with E-state index in [9.17, 15) is 4.79 Å². The van der Waals surface area contributed by atoms with Gasteiger partial charge in [-0.2, -0.15) is 0 Å². The Morgan fingerprint density at radius 2 is 1.90 bits per heavy atom. The molecular weight excluding hydrogens is 262 g/mol. The van der Waals surface area contributed by atoms with Crippen LogP contribution in [0.1, 0.15) is 50.0 Å². The maximum atomic E-state index is 12.1.